The molecule has 3 heteroatoms. The van der Waals surface area contributed by atoms with Gasteiger partial charge in [0, 0.05) is 0 Å². The number of aliphatic carboxylic acids is 1. The zero-order valence-corrected chi connectivity index (χ0v) is 13.7. The predicted octanol–water partition coefficient (Wildman–Crippen LogP) is 5.08. The van der Waals surface area contributed by atoms with Gasteiger partial charge in [0.25, 0.3) is 0 Å². The van der Waals surface area contributed by atoms with Gasteiger partial charge < -0.3 is 10.2 Å². The van der Waals surface area contributed by atoms with E-state index in [-0.39, 0.29) is 6.42 Å². The molecule has 0 aliphatic rings. The number of unbranched alkanes of at least 4 members (excludes halogenated alkanes) is 9. The van der Waals surface area contributed by atoms with Gasteiger partial charge in [0.15, 0.2) is 0 Å². The van der Waals surface area contributed by atoms with Crippen molar-refractivity contribution in [3.63, 3.8) is 0 Å². The monoisotopic (exact) mass is 298 g/mol. The number of rotatable bonds is 15. The summed E-state index contributed by atoms with van der Waals surface area (Å²) < 4.78 is 0. The maximum atomic E-state index is 10.4. The van der Waals surface area contributed by atoms with E-state index in [2.05, 4.69) is 19.1 Å². The molecule has 0 saturated carbocycles. The lowest BCUT2D eigenvalue weighted by molar-refractivity contribution is -0.139. The molecule has 0 saturated heterocycles. The van der Waals surface area contributed by atoms with Crippen LogP contribution in [0.1, 0.15) is 90.4 Å². The second-order valence-electron chi connectivity index (χ2n) is 5.92. The SMILES string of the molecule is CCCCCCCCCCC/C=C\CCC(O)CC(=O)O. The Hall–Kier alpha value is -0.830. The van der Waals surface area contributed by atoms with Crippen LogP contribution in [0.15, 0.2) is 12.2 Å². The third kappa shape index (κ3) is 17.1. The van der Waals surface area contributed by atoms with Gasteiger partial charge >= 0.3 is 5.97 Å². The van der Waals surface area contributed by atoms with Crippen LogP contribution < -0.4 is 0 Å². The van der Waals surface area contributed by atoms with Gasteiger partial charge in [0.05, 0.1) is 12.5 Å². The minimum absolute atomic E-state index is 0.147. The molecule has 0 aliphatic heterocycles. The van der Waals surface area contributed by atoms with Crippen LogP contribution in [0.4, 0.5) is 0 Å². The molecule has 0 aromatic rings. The highest BCUT2D eigenvalue weighted by Crippen LogP contribution is 2.11. The molecule has 0 bridgehead atoms. The van der Waals surface area contributed by atoms with Gasteiger partial charge in [-0.3, -0.25) is 4.79 Å². The summed E-state index contributed by atoms with van der Waals surface area (Å²) in [5, 5.41) is 17.9. The highest BCUT2D eigenvalue weighted by Gasteiger charge is 2.07. The summed E-state index contributed by atoms with van der Waals surface area (Å²) in [6.45, 7) is 2.25. The number of allylic oxidation sites excluding steroid dienone is 2. The summed E-state index contributed by atoms with van der Waals surface area (Å²) >= 11 is 0. The van der Waals surface area contributed by atoms with Gasteiger partial charge in [-0.25, -0.2) is 0 Å². The molecular formula is C18H34O3. The quantitative estimate of drug-likeness (QED) is 0.327. The van der Waals surface area contributed by atoms with Gasteiger partial charge in [0.1, 0.15) is 0 Å². The number of hydrogen-bond acceptors (Lipinski definition) is 2. The summed E-state index contributed by atoms with van der Waals surface area (Å²) in [4.78, 5) is 10.4. The number of aliphatic hydroxyl groups is 1. The van der Waals surface area contributed by atoms with Crippen molar-refractivity contribution in [1.82, 2.24) is 0 Å². The molecule has 1 atom stereocenters. The summed E-state index contributed by atoms with van der Waals surface area (Å²) in [5.74, 6) is -0.929. The van der Waals surface area contributed by atoms with Gasteiger partial charge in [-0.15, -0.1) is 0 Å². The first-order valence-electron chi connectivity index (χ1n) is 8.71. The van der Waals surface area contributed by atoms with Crippen molar-refractivity contribution in [2.45, 2.75) is 96.5 Å². The fourth-order valence-electron chi connectivity index (χ4n) is 2.40. The van der Waals surface area contributed by atoms with Crippen molar-refractivity contribution in [3.05, 3.63) is 12.2 Å². The van der Waals surface area contributed by atoms with Crippen LogP contribution >= 0.6 is 0 Å². The van der Waals surface area contributed by atoms with Crippen LogP contribution in [0.25, 0.3) is 0 Å². The molecule has 21 heavy (non-hydrogen) atoms. The number of hydrogen-bond donors (Lipinski definition) is 2. The molecule has 0 heterocycles. The third-order valence-corrected chi connectivity index (χ3v) is 3.72. The first-order valence-corrected chi connectivity index (χ1v) is 8.71. The third-order valence-electron chi connectivity index (χ3n) is 3.72. The first-order chi connectivity index (χ1) is 10.2. The fraction of sp³-hybridized carbons (Fsp3) is 0.833. The fourth-order valence-corrected chi connectivity index (χ4v) is 2.40. The molecule has 1 unspecified atom stereocenters. The Morgan fingerprint density at radius 1 is 0.905 bits per heavy atom. The Balaban J connectivity index is 3.20. The lowest BCUT2D eigenvalue weighted by atomic mass is 10.1. The van der Waals surface area contributed by atoms with Crippen molar-refractivity contribution < 1.29 is 15.0 Å². The topological polar surface area (TPSA) is 57.5 Å². The highest BCUT2D eigenvalue weighted by atomic mass is 16.4. The van der Waals surface area contributed by atoms with Gasteiger partial charge in [0.2, 0.25) is 0 Å². The Morgan fingerprint density at radius 3 is 2.00 bits per heavy atom. The lowest BCUT2D eigenvalue weighted by Crippen LogP contribution is -2.12. The van der Waals surface area contributed by atoms with E-state index in [0.717, 1.165) is 12.8 Å². The van der Waals surface area contributed by atoms with Gasteiger partial charge in [-0.2, -0.15) is 0 Å². The second-order valence-corrected chi connectivity index (χ2v) is 5.92. The largest absolute Gasteiger partial charge is 0.481 e. The maximum absolute atomic E-state index is 10.4. The van der Waals surface area contributed by atoms with Crippen LogP contribution in [-0.2, 0) is 4.79 Å². The van der Waals surface area contributed by atoms with Crippen LogP contribution in [0.2, 0.25) is 0 Å². The smallest absolute Gasteiger partial charge is 0.305 e. The van der Waals surface area contributed by atoms with E-state index in [1.54, 1.807) is 0 Å². The van der Waals surface area contributed by atoms with E-state index in [1.807, 2.05) is 0 Å². The van der Waals surface area contributed by atoms with E-state index in [9.17, 15) is 9.90 Å². The van der Waals surface area contributed by atoms with Crippen molar-refractivity contribution in [2.24, 2.45) is 0 Å². The zero-order chi connectivity index (χ0) is 15.8. The first kappa shape index (κ1) is 20.2. The van der Waals surface area contributed by atoms with Crippen molar-refractivity contribution in [2.75, 3.05) is 0 Å². The highest BCUT2D eigenvalue weighted by molar-refractivity contribution is 5.67. The number of aliphatic hydroxyl groups excluding tert-OH is 1. The van der Waals surface area contributed by atoms with Crippen molar-refractivity contribution in [3.8, 4) is 0 Å². The summed E-state index contributed by atoms with van der Waals surface area (Å²) in [7, 11) is 0. The van der Waals surface area contributed by atoms with Crippen molar-refractivity contribution >= 4 is 5.97 Å². The Labute approximate surface area is 130 Å². The molecule has 0 aromatic carbocycles. The van der Waals surface area contributed by atoms with E-state index in [1.165, 1.54) is 57.8 Å². The van der Waals surface area contributed by atoms with E-state index in [4.69, 9.17) is 5.11 Å². The molecule has 0 amide bonds. The maximum Gasteiger partial charge on any atom is 0.305 e. The standard InChI is InChI=1S/C18H34O3/c1-2-3-4-5-6-7-8-9-10-11-12-13-14-15-17(19)16-18(20)21/h12-13,17,19H,2-11,14-16H2,1H3,(H,20,21)/b13-12-. The van der Waals surface area contributed by atoms with E-state index < -0.39 is 12.1 Å². The zero-order valence-electron chi connectivity index (χ0n) is 13.7. The molecule has 0 radical (unpaired) electrons. The Bertz CT molecular complexity index is 261. The lowest BCUT2D eigenvalue weighted by Gasteiger charge is -2.04. The normalized spacial score (nSPS) is 12.9. The summed E-state index contributed by atoms with van der Waals surface area (Å²) in [5.41, 5.74) is 0. The molecule has 2 N–H and O–H groups in total. The van der Waals surface area contributed by atoms with Gasteiger partial charge in [-0.1, -0.05) is 70.4 Å². The summed E-state index contributed by atoms with van der Waals surface area (Å²) in [6, 6.07) is 0. The van der Waals surface area contributed by atoms with Crippen LogP contribution in [-0.4, -0.2) is 22.3 Å². The molecule has 0 fully saturated rings. The Kier molecular flexibility index (Phi) is 14.9. The molecule has 0 aromatic heterocycles. The average Bonchev–Trinajstić information content (AvgIpc) is 2.43. The number of carboxylic acid groups (broad SMARTS) is 1. The van der Waals surface area contributed by atoms with E-state index >= 15 is 0 Å². The molecular weight excluding hydrogens is 264 g/mol. The van der Waals surface area contributed by atoms with Gasteiger partial charge in [-0.05, 0) is 25.7 Å². The van der Waals surface area contributed by atoms with Crippen LogP contribution in [0.5, 0.6) is 0 Å². The second kappa shape index (κ2) is 15.6. The van der Waals surface area contributed by atoms with Crippen molar-refractivity contribution in [1.29, 1.82) is 0 Å². The molecule has 3 nitrogen and oxygen atoms in total. The van der Waals surface area contributed by atoms with Crippen LogP contribution in [0, 0.1) is 0 Å². The average molecular weight is 298 g/mol. The molecule has 0 rings (SSSR count). The molecule has 124 valence electrons. The molecule has 0 spiro atoms. The Morgan fingerprint density at radius 2 is 1.43 bits per heavy atom. The van der Waals surface area contributed by atoms with E-state index in [0.29, 0.717) is 6.42 Å². The number of carboxylic acids is 1. The number of carbonyl (C=O) groups is 1. The summed E-state index contributed by atoms with van der Waals surface area (Å²) in [6.07, 6.45) is 17.9. The van der Waals surface area contributed by atoms with Crippen LogP contribution in [0.3, 0.4) is 0 Å². The minimum Gasteiger partial charge on any atom is -0.481 e. The predicted molar refractivity (Wildman–Crippen MR) is 88.5 cm³/mol. The molecule has 0 aliphatic carbocycles. The minimum atomic E-state index is -0.929.